The van der Waals surface area contributed by atoms with Crippen LogP contribution in [0, 0.1) is 0 Å². The second-order valence-corrected chi connectivity index (χ2v) is 10.1. The molecule has 0 aromatic rings. The summed E-state index contributed by atoms with van der Waals surface area (Å²) in [5, 5.41) is 3.27. The van der Waals surface area contributed by atoms with Gasteiger partial charge >= 0.3 is 6.09 Å². The summed E-state index contributed by atoms with van der Waals surface area (Å²) in [7, 11) is -2.99. The molecule has 1 amide bonds. The molecule has 0 aromatic carbocycles. The number of carbonyl (C=O) groups excluding carboxylic acids is 1. The molecule has 2 atom stereocenters. The van der Waals surface area contributed by atoms with Crippen LogP contribution in [0.4, 0.5) is 4.79 Å². The Morgan fingerprint density at radius 1 is 1.13 bits per heavy atom. The summed E-state index contributed by atoms with van der Waals surface area (Å²) in [5.41, 5.74) is -0.473. The van der Waals surface area contributed by atoms with E-state index < -0.39 is 15.4 Å². The van der Waals surface area contributed by atoms with Crippen molar-refractivity contribution in [2.45, 2.75) is 75.8 Å². The van der Waals surface area contributed by atoms with E-state index in [4.69, 9.17) is 4.74 Å². The molecule has 1 saturated carbocycles. The lowest BCUT2D eigenvalue weighted by molar-refractivity contribution is 0.0196. The van der Waals surface area contributed by atoms with Crippen LogP contribution in [0.3, 0.4) is 0 Å². The van der Waals surface area contributed by atoms with E-state index in [1.807, 2.05) is 20.8 Å². The van der Waals surface area contributed by atoms with E-state index in [9.17, 15) is 13.2 Å². The topological polar surface area (TPSA) is 75.7 Å². The van der Waals surface area contributed by atoms with Gasteiger partial charge in [0.05, 0.1) is 5.25 Å². The van der Waals surface area contributed by atoms with E-state index in [-0.39, 0.29) is 23.4 Å². The molecular formula is C16H30N2O4S. The summed E-state index contributed by atoms with van der Waals surface area (Å²) < 4.78 is 29.1. The molecule has 1 aliphatic carbocycles. The number of rotatable bonds is 3. The summed E-state index contributed by atoms with van der Waals surface area (Å²) in [6, 6.07) is 0.337. The third kappa shape index (κ3) is 5.35. The average molecular weight is 346 g/mol. The smallest absolute Gasteiger partial charge is 0.410 e. The molecule has 2 unspecified atom stereocenters. The lowest BCUT2D eigenvalue weighted by atomic mass is 10.0. The first-order chi connectivity index (χ1) is 10.6. The summed E-state index contributed by atoms with van der Waals surface area (Å²) in [6.07, 6.45) is 5.40. The maximum absolute atomic E-state index is 12.1. The zero-order valence-electron chi connectivity index (χ0n) is 14.7. The summed E-state index contributed by atoms with van der Waals surface area (Å²) in [4.78, 5) is 13.8. The zero-order valence-corrected chi connectivity index (χ0v) is 15.5. The number of ether oxygens (including phenoxy) is 1. The Balaban J connectivity index is 1.82. The van der Waals surface area contributed by atoms with E-state index >= 15 is 0 Å². The summed E-state index contributed by atoms with van der Waals surface area (Å²) in [5.74, 6) is 0. The Morgan fingerprint density at radius 2 is 1.74 bits per heavy atom. The van der Waals surface area contributed by atoms with Gasteiger partial charge in [0.2, 0.25) is 0 Å². The fourth-order valence-corrected chi connectivity index (χ4v) is 4.89. The first kappa shape index (κ1) is 18.5. The highest BCUT2D eigenvalue weighted by atomic mass is 32.2. The summed E-state index contributed by atoms with van der Waals surface area (Å²) in [6.45, 7) is 6.91. The highest BCUT2D eigenvalue weighted by molar-refractivity contribution is 7.91. The van der Waals surface area contributed by atoms with Gasteiger partial charge < -0.3 is 15.0 Å². The molecular weight excluding hydrogens is 316 g/mol. The fourth-order valence-electron chi connectivity index (χ4n) is 3.49. The molecule has 0 aromatic heterocycles. The number of sulfone groups is 1. The van der Waals surface area contributed by atoms with Crippen LogP contribution < -0.4 is 5.32 Å². The maximum atomic E-state index is 12.1. The van der Waals surface area contributed by atoms with E-state index in [2.05, 4.69) is 5.32 Å². The summed E-state index contributed by atoms with van der Waals surface area (Å²) >= 11 is 0. The first-order valence-electron chi connectivity index (χ1n) is 8.49. The van der Waals surface area contributed by atoms with Gasteiger partial charge in [-0.1, -0.05) is 6.42 Å². The van der Waals surface area contributed by atoms with Crippen LogP contribution in [0.1, 0.15) is 52.9 Å². The predicted octanol–water partition coefficient (Wildman–Crippen LogP) is 1.94. The molecule has 134 valence electrons. The van der Waals surface area contributed by atoms with Gasteiger partial charge in [-0.25, -0.2) is 13.2 Å². The molecule has 1 heterocycles. The lowest BCUT2D eigenvalue weighted by Gasteiger charge is -2.35. The maximum Gasteiger partial charge on any atom is 0.410 e. The minimum atomic E-state index is -2.99. The van der Waals surface area contributed by atoms with E-state index in [0.29, 0.717) is 13.1 Å². The van der Waals surface area contributed by atoms with E-state index in [1.54, 1.807) is 4.90 Å². The van der Waals surface area contributed by atoms with Crippen LogP contribution in [0.15, 0.2) is 0 Å². The number of carbonyl (C=O) groups is 1. The molecule has 1 aliphatic heterocycles. The number of piperidine rings is 1. The van der Waals surface area contributed by atoms with Gasteiger partial charge in [0.15, 0.2) is 9.84 Å². The van der Waals surface area contributed by atoms with Crippen molar-refractivity contribution in [2.75, 3.05) is 19.3 Å². The molecule has 0 radical (unpaired) electrons. The van der Waals surface area contributed by atoms with Crippen molar-refractivity contribution < 1.29 is 17.9 Å². The van der Waals surface area contributed by atoms with Gasteiger partial charge in [0.25, 0.3) is 0 Å². The molecule has 2 rings (SSSR count). The Bertz CT molecular complexity index is 519. The first-order valence-corrected chi connectivity index (χ1v) is 10.4. The second-order valence-electron chi connectivity index (χ2n) is 7.81. The van der Waals surface area contributed by atoms with E-state index in [1.165, 1.54) is 6.26 Å². The number of nitrogens with zero attached hydrogens (tertiary/aromatic N) is 1. The number of nitrogens with one attached hydrogen (secondary N) is 1. The Labute approximate surface area is 139 Å². The van der Waals surface area contributed by atoms with Crippen molar-refractivity contribution >= 4 is 15.9 Å². The molecule has 7 heteroatoms. The van der Waals surface area contributed by atoms with Crippen molar-refractivity contribution in [1.82, 2.24) is 10.2 Å². The van der Waals surface area contributed by atoms with Crippen LogP contribution in [0.25, 0.3) is 0 Å². The van der Waals surface area contributed by atoms with Crippen LogP contribution in [-0.4, -0.2) is 61.7 Å². The Morgan fingerprint density at radius 3 is 2.26 bits per heavy atom. The molecule has 1 saturated heterocycles. The standard InChI is InChI=1S/C16H30N2O4S/c1-16(2,3)22-15(19)18-10-8-12(9-11-18)17-13-6-5-7-14(13)23(4,20)21/h12-14,17H,5-11H2,1-4H3. The monoisotopic (exact) mass is 346 g/mol. The van der Waals surface area contributed by atoms with Crippen molar-refractivity contribution in [1.29, 1.82) is 0 Å². The van der Waals surface area contributed by atoms with Gasteiger partial charge in [0.1, 0.15) is 5.60 Å². The highest BCUT2D eigenvalue weighted by Crippen LogP contribution is 2.26. The van der Waals surface area contributed by atoms with Crippen LogP contribution in [-0.2, 0) is 14.6 Å². The lowest BCUT2D eigenvalue weighted by Crippen LogP contribution is -2.51. The third-order valence-corrected chi connectivity index (χ3v) is 6.26. The molecule has 0 bridgehead atoms. The molecule has 6 nitrogen and oxygen atoms in total. The molecule has 0 spiro atoms. The molecule has 23 heavy (non-hydrogen) atoms. The minimum Gasteiger partial charge on any atom is -0.444 e. The van der Waals surface area contributed by atoms with Crippen molar-refractivity contribution in [3.63, 3.8) is 0 Å². The molecule has 2 fully saturated rings. The molecule has 2 aliphatic rings. The average Bonchev–Trinajstić information content (AvgIpc) is 2.85. The minimum absolute atomic E-state index is 0.0584. The van der Waals surface area contributed by atoms with Crippen molar-refractivity contribution in [3.05, 3.63) is 0 Å². The number of hydrogen-bond acceptors (Lipinski definition) is 5. The van der Waals surface area contributed by atoms with Gasteiger partial charge in [0, 0.05) is 31.4 Å². The predicted molar refractivity (Wildman–Crippen MR) is 90.2 cm³/mol. The highest BCUT2D eigenvalue weighted by Gasteiger charge is 2.36. The van der Waals surface area contributed by atoms with Gasteiger partial charge in [-0.2, -0.15) is 0 Å². The Hall–Kier alpha value is -0.820. The molecule has 1 N–H and O–H groups in total. The van der Waals surface area contributed by atoms with Gasteiger partial charge in [-0.05, 0) is 46.5 Å². The second kappa shape index (κ2) is 6.97. The van der Waals surface area contributed by atoms with Crippen molar-refractivity contribution in [3.8, 4) is 0 Å². The number of likely N-dealkylation sites (tertiary alicyclic amines) is 1. The van der Waals surface area contributed by atoms with Gasteiger partial charge in [-0.15, -0.1) is 0 Å². The Kier molecular flexibility index (Phi) is 5.61. The van der Waals surface area contributed by atoms with Crippen LogP contribution in [0.2, 0.25) is 0 Å². The van der Waals surface area contributed by atoms with Crippen LogP contribution >= 0.6 is 0 Å². The quantitative estimate of drug-likeness (QED) is 0.845. The van der Waals surface area contributed by atoms with Crippen LogP contribution in [0.5, 0.6) is 0 Å². The zero-order chi connectivity index (χ0) is 17.3. The number of amides is 1. The largest absolute Gasteiger partial charge is 0.444 e. The SMILES string of the molecule is CC(C)(C)OC(=O)N1CCC(NC2CCCC2S(C)(=O)=O)CC1. The van der Waals surface area contributed by atoms with Gasteiger partial charge in [-0.3, -0.25) is 0 Å². The van der Waals surface area contributed by atoms with Crippen molar-refractivity contribution in [2.24, 2.45) is 0 Å². The fraction of sp³-hybridized carbons (Fsp3) is 0.938. The van der Waals surface area contributed by atoms with E-state index in [0.717, 1.165) is 32.1 Å². The number of hydrogen-bond donors (Lipinski definition) is 1. The third-order valence-electron chi connectivity index (χ3n) is 4.60. The normalized spacial score (nSPS) is 27.2.